The molecule has 1 heterocycles. The number of rotatable bonds is 8. The van der Waals surface area contributed by atoms with Gasteiger partial charge in [0.15, 0.2) is 0 Å². The van der Waals surface area contributed by atoms with E-state index in [2.05, 4.69) is 11.0 Å². The highest BCUT2D eigenvalue weighted by Crippen LogP contribution is 2.27. The molecule has 6 heteroatoms. The van der Waals surface area contributed by atoms with E-state index < -0.39 is 0 Å². The quantitative estimate of drug-likeness (QED) is 0.673. The van der Waals surface area contributed by atoms with Crippen LogP contribution in [0.2, 0.25) is 0 Å². The Hall–Kier alpha value is -2.08. The molecule has 24 heavy (non-hydrogen) atoms. The standard InChI is InChI=1S/C18H25NO5/c1-22-17(20)7-9-19(10-8-18(21)23-2)12-14-11-15-5-3-4-6-16(15)24-13-14/h3-6,14H,7-13H2,1-2H3. The van der Waals surface area contributed by atoms with Crippen LogP contribution in [0, 0.1) is 5.92 Å². The minimum Gasteiger partial charge on any atom is -0.493 e. The van der Waals surface area contributed by atoms with Gasteiger partial charge in [0.1, 0.15) is 5.75 Å². The molecule has 1 atom stereocenters. The number of esters is 2. The van der Waals surface area contributed by atoms with Gasteiger partial charge in [-0.25, -0.2) is 0 Å². The Morgan fingerprint density at radius 1 is 1.12 bits per heavy atom. The molecular weight excluding hydrogens is 310 g/mol. The zero-order chi connectivity index (χ0) is 17.4. The van der Waals surface area contributed by atoms with Crippen LogP contribution in [0.15, 0.2) is 24.3 Å². The molecule has 6 nitrogen and oxygen atoms in total. The van der Waals surface area contributed by atoms with E-state index in [0.29, 0.717) is 38.5 Å². The summed E-state index contributed by atoms with van der Waals surface area (Å²) < 4.78 is 15.2. The van der Waals surface area contributed by atoms with Crippen LogP contribution in [0.5, 0.6) is 5.75 Å². The minimum absolute atomic E-state index is 0.247. The second-order valence-corrected chi connectivity index (χ2v) is 5.94. The van der Waals surface area contributed by atoms with Gasteiger partial charge in [-0.1, -0.05) is 18.2 Å². The first kappa shape index (κ1) is 18.3. The maximum Gasteiger partial charge on any atom is 0.306 e. The van der Waals surface area contributed by atoms with Gasteiger partial charge in [-0.15, -0.1) is 0 Å². The van der Waals surface area contributed by atoms with Crippen molar-refractivity contribution in [3.8, 4) is 5.75 Å². The lowest BCUT2D eigenvalue weighted by molar-refractivity contribution is -0.141. The first-order valence-electron chi connectivity index (χ1n) is 8.19. The summed E-state index contributed by atoms with van der Waals surface area (Å²) >= 11 is 0. The highest BCUT2D eigenvalue weighted by molar-refractivity contribution is 5.70. The summed E-state index contributed by atoms with van der Waals surface area (Å²) in [6, 6.07) is 8.04. The Morgan fingerprint density at radius 2 is 1.75 bits per heavy atom. The molecule has 0 N–H and O–H groups in total. The van der Waals surface area contributed by atoms with Gasteiger partial charge in [0, 0.05) is 25.6 Å². The van der Waals surface area contributed by atoms with E-state index in [0.717, 1.165) is 18.7 Å². The number of benzene rings is 1. The third kappa shape index (κ3) is 5.53. The van der Waals surface area contributed by atoms with Gasteiger partial charge in [-0.3, -0.25) is 9.59 Å². The largest absolute Gasteiger partial charge is 0.493 e. The van der Waals surface area contributed by atoms with Crippen LogP contribution < -0.4 is 4.74 Å². The molecule has 0 aromatic heterocycles. The summed E-state index contributed by atoms with van der Waals surface area (Å²) in [5, 5.41) is 0. The lowest BCUT2D eigenvalue weighted by Gasteiger charge is -2.30. The molecule has 132 valence electrons. The maximum atomic E-state index is 11.4. The van der Waals surface area contributed by atoms with Crippen molar-refractivity contribution in [2.75, 3.05) is 40.5 Å². The van der Waals surface area contributed by atoms with E-state index in [1.807, 2.05) is 18.2 Å². The van der Waals surface area contributed by atoms with Crippen LogP contribution in [0.3, 0.4) is 0 Å². The third-order valence-electron chi connectivity index (χ3n) is 4.19. The Bertz CT molecular complexity index is 540. The normalized spacial score (nSPS) is 16.2. The average Bonchev–Trinajstić information content (AvgIpc) is 2.63. The van der Waals surface area contributed by atoms with Crippen molar-refractivity contribution in [2.45, 2.75) is 19.3 Å². The topological polar surface area (TPSA) is 65.1 Å². The molecule has 0 saturated heterocycles. The van der Waals surface area contributed by atoms with Crippen LogP contribution >= 0.6 is 0 Å². The molecule has 0 aliphatic carbocycles. The lowest BCUT2D eigenvalue weighted by Crippen LogP contribution is -2.37. The maximum absolute atomic E-state index is 11.4. The summed E-state index contributed by atoms with van der Waals surface area (Å²) in [6.07, 6.45) is 1.55. The summed E-state index contributed by atoms with van der Waals surface area (Å²) in [5.74, 6) is 0.784. The molecule has 0 spiro atoms. The van der Waals surface area contributed by atoms with Crippen LogP contribution in [0.4, 0.5) is 0 Å². The first-order valence-corrected chi connectivity index (χ1v) is 8.19. The van der Waals surface area contributed by atoms with Crippen LogP contribution in [0.25, 0.3) is 0 Å². The first-order chi connectivity index (χ1) is 11.6. The number of carbonyl (C=O) groups excluding carboxylic acids is 2. The highest BCUT2D eigenvalue weighted by Gasteiger charge is 2.22. The van der Waals surface area contributed by atoms with E-state index in [-0.39, 0.29) is 11.9 Å². The Kier molecular flexibility index (Phi) is 7.06. The van der Waals surface area contributed by atoms with Crippen molar-refractivity contribution < 1.29 is 23.8 Å². The molecular formula is C18H25NO5. The van der Waals surface area contributed by atoms with Gasteiger partial charge < -0.3 is 19.1 Å². The van der Waals surface area contributed by atoms with Gasteiger partial charge >= 0.3 is 11.9 Å². The number of hydrogen-bond acceptors (Lipinski definition) is 6. The van der Waals surface area contributed by atoms with Gasteiger partial charge in [-0.2, -0.15) is 0 Å². The minimum atomic E-state index is -0.247. The summed E-state index contributed by atoms with van der Waals surface area (Å²) in [6.45, 7) is 2.52. The van der Waals surface area contributed by atoms with E-state index in [1.165, 1.54) is 19.8 Å². The Morgan fingerprint density at radius 3 is 2.38 bits per heavy atom. The molecule has 1 aliphatic heterocycles. The van der Waals surface area contributed by atoms with E-state index >= 15 is 0 Å². The van der Waals surface area contributed by atoms with Gasteiger partial charge in [-0.05, 0) is 18.1 Å². The third-order valence-corrected chi connectivity index (χ3v) is 4.19. The number of methoxy groups -OCH3 is 2. The van der Waals surface area contributed by atoms with Crippen molar-refractivity contribution in [3.63, 3.8) is 0 Å². The second-order valence-electron chi connectivity index (χ2n) is 5.94. The Labute approximate surface area is 142 Å². The zero-order valence-corrected chi connectivity index (χ0v) is 14.3. The van der Waals surface area contributed by atoms with Gasteiger partial charge in [0.25, 0.3) is 0 Å². The highest BCUT2D eigenvalue weighted by atomic mass is 16.5. The predicted octanol–water partition coefficient (Wildman–Crippen LogP) is 1.67. The Balaban J connectivity index is 1.91. The van der Waals surface area contributed by atoms with Gasteiger partial charge in [0.05, 0.1) is 33.7 Å². The van der Waals surface area contributed by atoms with Crippen LogP contribution in [-0.4, -0.2) is 57.3 Å². The van der Waals surface area contributed by atoms with Crippen molar-refractivity contribution >= 4 is 11.9 Å². The summed E-state index contributed by atoms with van der Waals surface area (Å²) in [7, 11) is 2.76. The average molecular weight is 335 g/mol. The predicted molar refractivity (Wildman–Crippen MR) is 88.8 cm³/mol. The molecule has 1 aromatic rings. The molecule has 0 amide bonds. The molecule has 1 aliphatic rings. The zero-order valence-electron chi connectivity index (χ0n) is 14.3. The summed E-state index contributed by atoms with van der Waals surface area (Å²) in [5.41, 5.74) is 1.20. The molecule has 1 unspecified atom stereocenters. The van der Waals surface area contributed by atoms with Crippen molar-refractivity contribution in [2.24, 2.45) is 5.92 Å². The second kappa shape index (κ2) is 9.27. The molecule has 0 bridgehead atoms. The molecule has 0 fully saturated rings. The van der Waals surface area contributed by atoms with E-state index in [1.54, 1.807) is 0 Å². The summed E-state index contributed by atoms with van der Waals surface area (Å²) in [4.78, 5) is 24.9. The molecule has 2 rings (SSSR count). The number of ether oxygens (including phenoxy) is 3. The van der Waals surface area contributed by atoms with Crippen molar-refractivity contribution in [3.05, 3.63) is 29.8 Å². The molecule has 0 radical (unpaired) electrons. The number of hydrogen-bond donors (Lipinski definition) is 0. The fourth-order valence-corrected chi connectivity index (χ4v) is 2.87. The number of para-hydroxylation sites is 1. The fraction of sp³-hybridized carbons (Fsp3) is 0.556. The van der Waals surface area contributed by atoms with Crippen LogP contribution in [0.1, 0.15) is 18.4 Å². The fourth-order valence-electron chi connectivity index (χ4n) is 2.87. The SMILES string of the molecule is COC(=O)CCN(CCC(=O)OC)CC1COc2ccccc2C1. The smallest absolute Gasteiger partial charge is 0.306 e. The number of nitrogens with zero attached hydrogens (tertiary/aromatic N) is 1. The molecule has 0 saturated carbocycles. The lowest BCUT2D eigenvalue weighted by atomic mass is 9.96. The number of fused-ring (bicyclic) bond motifs is 1. The van der Waals surface area contributed by atoms with Crippen molar-refractivity contribution in [1.29, 1.82) is 0 Å². The van der Waals surface area contributed by atoms with Crippen molar-refractivity contribution in [1.82, 2.24) is 4.90 Å². The van der Waals surface area contributed by atoms with Gasteiger partial charge in [0.2, 0.25) is 0 Å². The monoisotopic (exact) mass is 335 g/mol. The molecule has 1 aromatic carbocycles. The van der Waals surface area contributed by atoms with E-state index in [4.69, 9.17) is 14.2 Å². The van der Waals surface area contributed by atoms with Crippen LogP contribution in [-0.2, 0) is 25.5 Å². The van der Waals surface area contributed by atoms with E-state index in [9.17, 15) is 9.59 Å². The number of carbonyl (C=O) groups is 2.